The minimum atomic E-state index is -0.286. The molecule has 0 aliphatic carbocycles. The summed E-state index contributed by atoms with van der Waals surface area (Å²) in [6, 6.07) is 10.4. The first kappa shape index (κ1) is 13.0. The van der Waals surface area contributed by atoms with Gasteiger partial charge in [-0.1, -0.05) is 18.2 Å². The van der Waals surface area contributed by atoms with Gasteiger partial charge in [-0.3, -0.25) is 4.79 Å². The molecule has 2 rings (SSSR count). The molecule has 4 N–H and O–H groups in total. The van der Waals surface area contributed by atoms with Crippen molar-refractivity contribution in [1.82, 2.24) is 0 Å². The average molecular weight is 256 g/mol. The number of para-hydroxylation sites is 1. The first-order chi connectivity index (χ1) is 9.00. The highest BCUT2D eigenvalue weighted by Crippen LogP contribution is 2.27. The number of hydrogen-bond acceptors (Lipinski definition) is 3. The van der Waals surface area contributed by atoms with Crippen molar-refractivity contribution in [3.8, 4) is 5.75 Å². The molecule has 0 atom stereocenters. The van der Waals surface area contributed by atoms with Gasteiger partial charge in [-0.2, -0.15) is 0 Å². The molecule has 4 nitrogen and oxygen atoms in total. The molecule has 0 saturated heterocycles. The summed E-state index contributed by atoms with van der Waals surface area (Å²) in [6.45, 7) is 3.57. The molecule has 0 saturated carbocycles. The van der Waals surface area contributed by atoms with Crippen molar-refractivity contribution in [1.29, 1.82) is 0 Å². The van der Waals surface area contributed by atoms with Crippen LogP contribution in [-0.2, 0) is 0 Å². The lowest BCUT2D eigenvalue weighted by Gasteiger charge is -2.11. The molecule has 0 heterocycles. The molecule has 0 aliphatic rings. The van der Waals surface area contributed by atoms with E-state index in [2.05, 4.69) is 5.32 Å². The predicted molar refractivity (Wildman–Crippen MR) is 76.4 cm³/mol. The Bertz CT molecular complexity index is 636. The van der Waals surface area contributed by atoms with Crippen LogP contribution in [0, 0.1) is 13.8 Å². The number of carbonyl (C=O) groups is 1. The van der Waals surface area contributed by atoms with E-state index in [1.165, 1.54) is 0 Å². The number of anilines is 2. The van der Waals surface area contributed by atoms with Gasteiger partial charge >= 0.3 is 0 Å². The number of nitrogen functional groups attached to an aromatic ring is 1. The Hall–Kier alpha value is -2.49. The van der Waals surface area contributed by atoms with Crippen LogP contribution in [0.25, 0.3) is 0 Å². The number of amides is 1. The van der Waals surface area contributed by atoms with Crippen LogP contribution in [0.2, 0.25) is 0 Å². The van der Waals surface area contributed by atoms with Crippen LogP contribution < -0.4 is 11.1 Å². The monoisotopic (exact) mass is 256 g/mol. The number of benzene rings is 2. The predicted octanol–water partition coefficient (Wildman–Crippen LogP) is 2.84. The summed E-state index contributed by atoms with van der Waals surface area (Å²) in [4.78, 5) is 12.2. The molecule has 19 heavy (non-hydrogen) atoms. The van der Waals surface area contributed by atoms with Gasteiger partial charge in [0.2, 0.25) is 0 Å². The maximum absolute atomic E-state index is 12.2. The van der Waals surface area contributed by atoms with E-state index in [0.717, 1.165) is 5.56 Å². The van der Waals surface area contributed by atoms with Gasteiger partial charge in [-0.15, -0.1) is 0 Å². The van der Waals surface area contributed by atoms with E-state index >= 15 is 0 Å². The molecular formula is C15H16N2O2. The smallest absolute Gasteiger partial charge is 0.256 e. The summed E-state index contributed by atoms with van der Waals surface area (Å²) in [5, 5.41) is 12.6. The topological polar surface area (TPSA) is 75.4 Å². The van der Waals surface area contributed by atoms with E-state index in [1.54, 1.807) is 50.2 Å². The number of phenolic OH excluding ortho intramolecular Hbond substituents is 1. The highest BCUT2D eigenvalue weighted by atomic mass is 16.3. The zero-order chi connectivity index (χ0) is 14.0. The second-order valence-electron chi connectivity index (χ2n) is 4.45. The van der Waals surface area contributed by atoms with Crippen LogP contribution in [0.5, 0.6) is 5.75 Å². The molecule has 0 fully saturated rings. The maximum Gasteiger partial charge on any atom is 0.256 e. The van der Waals surface area contributed by atoms with Crippen LogP contribution in [0.3, 0.4) is 0 Å². The molecule has 0 aliphatic heterocycles. The molecule has 0 radical (unpaired) electrons. The lowest BCUT2D eigenvalue weighted by atomic mass is 10.1. The third kappa shape index (κ3) is 2.52. The Morgan fingerprint density at radius 1 is 1.16 bits per heavy atom. The van der Waals surface area contributed by atoms with E-state index in [1.807, 2.05) is 0 Å². The maximum atomic E-state index is 12.2. The highest BCUT2D eigenvalue weighted by Gasteiger charge is 2.13. The summed E-state index contributed by atoms with van der Waals surface area (Å²) in [5.74, 6) is -0.205. The Morgan fingerprint density at radius 3 is 2.58 bits per heavy atom. The second-order valence-corrected chi connectivity index (χ2v) is 4.45. The zero-order valence-corrected chi connectivity index (χ0v) is 10.9. The standard InChI is InChI=1S/C15H16N2O2/c1-9-5-3-8-13(14(9)18)17-15(19)11-6-4-7-12(16)10(11)2/h3-8,18H,16H2,1-2H3,(H,17,19). The van der Waals surface area contributed by atoms with Crippen LogP contribution in [0.15, 0.2) is 36.4 Å². The largest absolute Gasteiger partial charge is 0.505 e. The second kappa shape index (κ2) is 5.02. The number of phenols is 1. The first-order valence-electron chi connectivity index (χ1n) is 5.95. The Kier molecular flexibility index (Phi) is 3.42. The zero-order valence-electron chi connectivity index (χ0n) is 10.9. The number of carbonyl (C=O) groups excluding carboxylic acids is 1. The lowest BCUT2D eigenvalue weighted by Crippen LogP contribution is -2.14. The van der Waals surface area contributed by atoms with E-state index in [9.17, 15) is 9.90 Å². The molecular weight excluding hydrogens is 240 g/mol. The summed E-state index contributed by atoms with van der Waals surface area (Å²) in [7, 11) is 0. The van der Waals surface area contributed by atoms with Crippen LogP contribution in [0.1, 0.15) is 21.5 Å². The fourth-order valence-corrected chi connectivity index (χ4v) is 1.85. The summed E-state index contributed by atoms with van der Waals surface area (Å²) in [5.41, 5.74) is 8.68. The van der Waals surface area contributed by atoms with Gasteiger partial charge < -0.3 is 16.2 Å². The van der Waals surface area contributed by atoms with E-state index < -0.39 is 0 Å². The molecule has 0 aromatic heterocycles. The number of aryl methyl sites for hydroxylation is 1. The fourth-order valence-electron chi connectivity index (χ4n) is 1.85. The van der Waals surface area contributed by atoms with Gasteiger partial charge in [0.25, 0.3) is 5.91 Å². The van der Waals surface area contributed by atoms with Crippen molar-refractivity contribution in [2.24, 2.45) is 0 Å². The van der Waals surface area contributed by atoms with Crippen molar-refractivity contribution in [2.75, 3.05) is 11.1 Å². The fraction of sp³-hybridized carbons (Fsp3) is 0.133. The quantitative estimate of drug-likeness (QED) is 0.571. The first-order valence-corrected chi connectivity index (χ1v) is 5.95. The van der Waals surface area contributed by atoms with Crippen molar-refractivity contribution in [3.05, 3.63) is 53.1 Å². The normalized spacial score (nSPS) is 10.2. The minimum Gasteiger partial charge on any atom is -0.505 e. The van der Waals surface area contributed by atoms with Gasteiger partial charge in [-0.05, 0) is 43.2 Å². The lowest BCUT2D eigenvalue weighted by molar-refractivity contribution is 0.102. The Labute approximate surface area is 111 Å². The molecule has 0 unspecified atom stereocenters. The highest BCUT2D eigenvalue weighted by molar-refractivity contribution is 6.06. The number of nitrogens with one attached hydrogen (secondary N) is 1. The Morgan fingerprint density at radius 2 is 1.84 bits per heavy atom. The van der Waals surface area contributed by atoms with Gasteiger partial charge in [0, 0.05) is 11.3 Å². The van der Waals surface area contributed by atoms with E-state index in [0.29, 0.717) is 22.5 Å². The van der Waals surface area contributed by atoms with Crippen molar-refractivity contribution in [3.63, 3.8) is 0 Å². The third-order valence-electron chi connectivity index (χ3n) is 3.11. The number of aromatic hydroxyl groups is 1. The van der Waals surface area contributed by atoms with Crippen molar-refractivity contribution < 1.29 is 9.90 Å². The molecule has 98 valence electrons. The summed E-state index contributed by atoms with van der Waals surface area (Å²) in [6.07, 6.45) is 0. The third-order valence-corrected chi connectivity index (χ3v) is 3.11. The molecule has 0 spiro atoms. The van der Waals surface area contributed by atoms with Gasteiger partial charge in [0.05, 0.1) is 5.69 Å². The molecule has 1 amide bonds. The molecule has 0 bridgehead atoms. The Balaban J connectivity index is 2.31. The average Bonchev–Trinajstić information content (AvgIpc) is 2.38. The number of nitrogens with two attached hydrogens (primary N) is 1. The number of hydrogen-bond donors (Lipinski definition) is 3. The SMILES string of the molecule is Cc1cccc(NC(=O)c2cccc(N)c2C)c1O. The molecule has 2 aromatic rings. The number of rotatable bonds is 2. The van der Waals surface area contributed by atoms with Crippen LogP contribution >= 0.6 is 0 Å². The van der Waals surface area contributed by atoms with Crippen LogP contribution in [-0.4, -0.2) is 11.0 Å². The van der Waals surface area contributed by atoms with Crippen molar-refractivity contribution >= 4 is 17.3 Å². The van der Waals surface area contributed by atoms with Crippen molar-refractivity contribution in [2.45, 2.75) is 13.8 Å². The summed E-state index contributed by atoms with van der Waals surface area (Å²) >= 11 is 0. The van der Waals surface area contributed by atoms with E-state index in [-0.39, 0.29) is 11.7 Å². The van der Waals surface area contributed by atoms with Crippen LogP contribution in [0.4, 0.5) is 11.4 Å². The van der Waals surface area contributed by atoms with E-state index in [4.69, 9.17) is 5.73 Å². The summed E-state index contributed by atoms with van der Waals surface area (Å²) < 4.78 is 0. The van der Waals surface area contributed by atoms with Gasteiger partial charge in [0.15, 0.2) is 0 Å². The van der Waals surface area contributed by atoms with Gasteiger partial charge in [-0.25, -0.2) is 0 Å². The molecule has 4 heteroatoms. The minimum absolute atomic E-state index is 0.0809. The molecule has 2 aromatic carbocycles. The van der Waals surface area contributed by atoms with Gasteiger partial charge in [0.1, 0.15) is 5.75 Å².